The van der Waals surface area contributed by atoms with Crippen molar-refractivity contribution in [1.29, 1.82) is 0 Å². The lowest BCUT2D eigenvalue weighted by atomic mass is 10.1. The van der Waals surface area contributed by atoms with Gasteiger partial charge in [-0.05, 0) is 0 Å². The molecule has 6 nitrogen and oxygen atoms in total. The van der Waals surface area contributed by atoms with Crippen LogP contribution in [0.2, 0.25) is 0 Å². The van der Waals surface area contributed by atoms with Crippen LogP contribution in [0.5, 0.6) is 0 Å². The molecule has 1 aliphatic heterocycles. The Labute approximate surface area is 109 Å². The summed E-state index contributed by atoms with van der Waals surface area (Å²) in [6, 6.07) is 0. The average Bonchev–Trinajstić information content (AvgIpc) is 2.61. The second kappa shape index (κ2) is 4.97. The number of nitrogens with zero attached hydrogens (tertiary/aromatic N) is 1. The lowest BCUT2D eigenvalue weighted by Gasteiger charge is -2.36. The number of hydrogen-bond acceptors (Lipinski definition) is 6. The maximum absolute atomic E-state index is 12.0. The molecule has 0 N–H and O–H groups in total. The van der Waals surface area contributed by atoms with E-state index >= 15 is 0 Å². The number of rotatable bonds is 3. The van der Waals surface area contributed by atoms with Gasteiger partial charge in [0.15, 0.2) is 0 Å². The van der Waals surface area contributed by atoms with E-state index in [0.29, 0.717) is 26.3 Å². The van der Waals surface area contributed by atoms with E-state index in [0.717, 1.165) is 0 Å². The van der Waals surface area contributed by atoms with Crippen molar-refractivity contribution in [2.24, 2.45) is 0 Å². The second-order valence-corrected chi connectivity index (χ2v) is 4.32. The van der Waals surface area contributed by atoms with Crippen molar-refractivity contribution in [3.8, 4) is 0 Å². The third kappa shape index (κ3) is 1.76. The number of methoxy groups -OCH3 is 2. The fraction of sp³-hybridized carbons (Fsp3) is 0.636. The smallest absolute Gasteiger partial charge is 0.281 e. The third-order valence-corrected chi connectivity index (χ3v) is 3.48. The van der Waals surface area contributed by atoms with E-state index in [1.807, 2.05) is 0 Å². The van der Waals surface area contributed by atoms with Crippen LogP contribution in [0.15, 0.2) is 10.7 Å². The molecule has 1 fully saturated rings. The van der Waals surface area contributed by atoms with Gasteiger partial charge in [0, 0.05) is 27.3 Å². The van der Waals surface area contributed by atoms with Gasteiger partial charge < -0.3 is 19.1 Å². The SMILES string of the molecule is COC1(OC)C(=O)C(=O)C(Cl)=C1N1CCOCC1. The average molecular weight is 276 g/mol. The number of morpholine rings is 1. The zero-order chi connectivity index (χ0) is 13.3. The predicted octanol–water partition coefficient (Wildman–Crippen LogP) is -0.0901. The number of allylic oxidation sites excluding steroid dienone is 1. The van der Waals surface area contributed by atoms with Crippen molar-refractivity contribution in [3.63, 3.8) is 0 Å². The quantitative estimate of drug-likeness (QED) is 0.530. The number of carbonyl (C=O) groups excluding carboxylic acids is 2. The number of carbonyl (C=O) groups is 2. The van der Waals surface area contributed by atoms with Gasteiger partial charge in [-0.1, -0.05) is 11.6 Å². The molecular formula is C11H14ClNO5. The van der Waals surface area contributed by atoms with Gasteiger partial charge in [0.25, 0.3) is 11.6 Å². The molecule has 1 heterocycles. The van der Waals surface area contributed by atoms with Crippen LogP contribution in [0.3, 0.4) is 0 Å². The van der Waals surface area contributed by atoms with Crippen LogP contribution in [0.1, 0.15) is 0 Å². The van der Waals surface area contributed by atoms with Crippen molar-refractivity contribution < 1.29 is 23.8 Å². The minimum Gasteiger partial charge on any atom is -0.378 e. The van der Waals surface area contributed by atoms with Crippen molar-refractivity contribution in [3.05, 3.63) is 10.7 Å². The molecule has 100 valence electrons. The number of ether oxygens (including phenoxy) is 3. The summed E-state index contributed by atoms with van der Waals surface area (Å²) in [6.07, 6.45) is 0. The van der Waals surface area contributed by atoms with Crippen LogP contribution >= 0.6 is 11.6 Å². The largest absolute Gasteiger partial charge is 0.378 e. The topological polar surface area (TPSA) is 65.1 Å². The van der Waals surface area contributed by atoms with E-state index in [9.17, 15) is 9.59 Å². The Morgan fingerprint density at radius 3 is 2.28 bits per heavy atom. The molecular weight excluding hydrogens is 262 g/mol. The first-order valence-electron chi connectivity index (χ1n) is 5.51. The van der Waals surface area contributed by atoms with E-state index in [-0.39, 0.29) is 10.7 Å². The monoisotopic (exact) mass is 275 g/mol. The molecule has 0 saturated carbocycles. The van der Waals surface area contributed by atoms with Crippen molar-refractivity contribution in [1.82, 2.24) is 4.90 Å². The molecule has 18 heavy (non-hydrogen) atoms. The lowest BCUT2D eigenvalue weighted by Crippen LogP contribution is -2.50. The highest BCUT2D eigenvalue weighted by atomic mass is 35.5. The van der Waals surface area contributed by atoms with Gasteiger partial charge >= 0.3 is 0 Å². The first kappa shape index (κ1) is 13.5. The summed E-state index contributed by atoms with van der Waals surface area (Å²) >= 11 is 5.97. The molecule has 2 rings (SSSR count). The molecule has 0 aromatic heterocycles. The normalized spacial score (nSPS) is 24.1. The Balaban J connectivity index is 2.45. The van der Waals surface area contributed by atoms with E-state index in [2.05, 4.69) is 0 Å². The maximum Gasteiger partial charge on any atom is 0.281 e. The zero-order valence-corrected chi connectivity index (χ0v) is 11.0. The van der Waals surface area contributed by atoms with Crippen molar-refractivity contribution >= 4 is 23.2 Å². The van der Waals surface area contributed by atoms with Gasteiger partial charge in [-0.25, -0.2) is 0 Å². The second-order valence-electron chi connectivity index (χ2n) is 3.95. The molecule has 0 radical (unpaired) electrons. The van der Waals surface area contributed by atoms with Crippen LogP contribution in [0.4, 0.5) is 0 Å². The number of ketones is 2. The summed E-state index contributed by atoms with van der Waals surface area (Å²) in [5.41, 5.74) is 0.285. The van der Waals surface area contributed by atoms with E-state index in [1.165, 1.54) is 14.2 Å². The highest BCUT2D eigenvalue weighted by Crippen LogP contribution is 2.38. The van der Waals surface area contributed by atoms with Gasteiger partial charge in [-0.2, -0.15) is 0 Å². The molecule has 0 aromatic rings. The molecule has 0 bridgehead atoms. The summed E-state index contributed by atoms with van der Waals surface area (Å²) in [5.74, 6) is -3.29. The van der Waals surface area contributed by atoms with Gasteiger partial charge in [0.1, 0.15) is 10.7 Å². The Morgan fingerprint density at radius 1 is 1.22 bits per heavy atom. The highest BCUT2D eigenvalue weighted by molar-refractivity contribution is 6.62. The fourth-order valence-corrected chi connectivity index (χ4v) is 2.53. The van der Waals surface area contributed by atoms with Crippen LogP contribution in [-0.2, 0) is 23.8 Å². The summed E-state index contributed by atoms with van der Waals surface area (Å²) in [6.45, 7) is 2.06. The van der Waals surface area contributed by atoms with Crippen molar-refractivity contribution in [2.45, 2.75) is 5.79 Å². The first-order chi connectivity index (χ1) is 8.58. The Bertz CT molecular complexity index is 410. The molecule has 2 aliphatic rings. The minimum atomic E-state index is -1.72. The van der Waals surface area contributed by atoms with E-state index in [4.69, 9.17) is 25.8 Å². The lowest BCUT2D eigenvalue weighted by molar-refractivity contribution is -0.194. The molecule has 0 aromatic carbocycles. The van der Waals surface area contributed by atoms with Gasteiger partial charge in [-0.15, -0.1) is 0 Å². The molecule has 7 heteroatoms. The summed E-state index contributed by atoms with van der Waals surface area (Å²) in [5, 5.41) is -0.134. The summed E-state index contributed by atoms with van der Waals surface area (Å²) in [7, 11) is 2.62. The number of hydrogen-bond donors (Lipinski definition) is 0. The molecule has 0 unspecified atom stereocenters. The zero-order valence-electron chi connectivity index (χ0n) is 10.2. The van der Waals surface area contributed by atoms with Gasteiger partial charge in [0.2, 0.25) is 5.78 Å². The summed E-state index contributed by atoms with van der Waals surface area (Å²) in [4.78, 5) is 25.5. The third-order valence-electron chi connectivity index (χ3n) is 3.13. The molecule has 1 aliphatic carbocycles. The standard InChI is InChI=1S/C11H14ClNO5/c1-16-11(17-2)9(7(12)8(14)10(11)15)13-3-5-18-6-4-13/h3-6H2,1-2H3. The van der Waals surface area contributed by atoms with Crippen LogP contribution in [0, 0.1) is 0 Å². The van der Waals surface area contributed by atoms with Crippen LogP contribution in [0.25, 0.3) is 0 Å². The number of halogens is 1. The minimum absolute atomic E-state index is 0.134. The highest BCUT2D eigenvalue weighted by Gasteiger charge is 2.57. The summed E-state index contributed by atoms with van der Waals surface area (Å²) < 4.78 is 15.5. The van der Waals surface area contributed by atoms with Crippen LogP contribution in [-0.4, -0.2) is 62.8 Å². The fourth-order valence-electron chi connectivity index (χ4n) is 2.20. The predicted molar refractivity (Wildman–Crippen MR) is 62.0 cm³/mol. The van der Waals surface area contributed by atoms with Crippen LogP contribution < -0.4 is 0 Å². The maximum atomic E-state index is 12.0. The molecule has 0 atom stereocenters. The Kier molecular flexibility index (Phi) is 3.72. The Hall–Kier alpha value is -0.950. The Morgan fingerprint density at radius 2 is 1.78 bits per heavy atom. The van der Waals surface area contributed by atoms with Gasteiger partial charge in [0.05, 0.1) is 13.2 Å². The molecule has 0 spiro atoms. The molecule has 0 amide bonds. The van der Waals surface area contributed by atoms with E-state index < -0.39 is 17.4 Å². The van der Waals surface area contributed by atoms with E-state index in [1.54, 1.807) is 4.90 Å². The van der Waals surface area contributed by atoms with Crippen molar-refractivity contribution in [2.75, 3.05) is 40.5 Å². The first-order valence-corrected chi connectivity index (χ1v) is 5.88. The van der Waals surface area contributed by atoms with Gasteiger partial charge in [-0.3, -0.25) is 9.59 Å². The number of Topliss-reactive ketones (excluding diaryl/α,β-unsaturated/α-hetero) is 2. The molecule has 1 saturated heterocycles.